The van der Waals surface area contributed by atoms with Crippen molar-refractivity contribution in [1.29, 1.82) is 0 Å². The smallest absolute Gasteiger partial charge is 0.227 e. The second kappa shape index (κ2) is 8.21. The third-order valence-electron chi connectivity index (χ3n) is 4.27. The number of amides is 1. The van der Waals surface area contributed by atoms with Gasteiger partial charge in [0, 0.05) is 41.3 Å². The number of rotatable bonds is 6. The molecule has 1 aromatic carbocycles. The highest BCUT2D eigenvalue weighted by Gasteiger charge is 2.20. The van der Waals surface area contributed by atoms with Crippen molar-refractivity contribution in [3.8, 4) is 11.1 Å². The molecule has 2 atom stereocenters. The van der Waals surface area contributed by atoms with Crippen LogP contribution >= 0.6 is 22.9 Å². The largest absolute Gasteiger partial charge is 0.326 e. The average molecular weight is 407 g/mol. The fourth-order valence-corrected chi connectivity index (χ4v) is 3.83. The molecule has 2 heterocycles. The first-order valence-electron chi connectivity index (χ1n) is 8.42. The van der Waals surface area contributed by atoms with E-state index in [4.69, 9.17) is 17.3 Å². The molecule has 0 saturated carbocycles. The topological polar surface area (TPSA) is 72.9 Å². The molecule has 0 radical (unpaired) electrons. The van der Waals surface area contributed by atoms with Crippen LogP contribution in [0.2, 0.25) is 5.02 Å². The maximum absolute atomic E-state index is 13.2. The van der Waals surface area contributed by atoms with Gasteiger partial charge >= 0.3 is 0 Å². The van der Waals surface area contributed by atoms with Crippen molar-refractivity contribution in [1.82, 2.24) is 9.78 Å². The van der Waals surface area contributed by atoms with Crippen molar-refractivity contribution in [2.24, 2.45) is 18.7 Å². The third-order valence-corrected chi connectivity index (χ3v) is 5.62. The number of nitrogens with two attached hydrogens (primary N) is 1. The van der Waals surface area contributed by atoms with Crippen LogP contribution in [0.5, 0.6) is 0 Å². The number of thiophene rings is 1. The minimum absolute atomic E-state index is 0.0290. The van der Waals surface area contributed by atoms with Crippen molar-refractivity contribution >= 4 is 34.5 Å². The van der Waals surface area contributed by atoms with Crippen LogP contribution in [-0.4, -0.2) is 15.7 Å². The third kappa shape index (κ3) is 4.74. The summed E-state index contributed by atoms with van der Waals surface area (Å²) in [6, 6.07) is 5.88. The molecule has 0 bridgehead atoms. The Balaban J connectivity index is 1.61. The van der Waals surface area contributed by atoms with Crippen LogP contribution < -0.4 is 11.1 Å². The fourth-order valence-electron chi connectivity index (χ4n) is 2.71. The van der Waals surface area contributed by atoms with Crippen molar-refractivity contribution in [3.05, 3.63) is 57.8 Å². The standard InChI is InChI=1S/C19H20ClFN4OS/c1-11(19(26)24-14-3-4-16(21)15(20)7-14)5-17(22)18-6-12(10-27-18)13-8-23-25(2)9-13/h3-4,6-11,17H,5,22H2,1-2H3,(H,24,26)/t11-,17+/m1/s1. The number of aryl methyl sites for hydroxylation is 1. The van der Waals surface area contributed by atoms with Gasteiger partial charge in [-0.3, -0.25) is 9.48 Å². The van der Waals surface area contributed by atoms with Crippen LogP contribution in [-0.2, 0) is 11.8 Å². The van der Waals surface area contributed by atoms with E-state index >= 15 is 0 Å². The van der Waals surface area contributed by atoms with Gasteiger partial charge in [-0.1, -0.05) is 18.5 Å². The van der Waals surface area contributed by atoms with Gasteiger partial charge in [-0.05, 0) is 41.6 Å². The second-order valence-corrected chi connectivity index (χ2v) is 7.85. The zero-order valence-electron chi connectivity index (χ0n) is 14.9. The monoisotopic (exact) mass is 406 g/mol. The Morgan fingerprint density at radius 1 is 1.41 bits per heavy atom. The van der Waals surface area contributed by atoms with E-state index < -0.39 is 5.82 Å². The summed E-state index contributed by atoms with van der Waals surface area (Å²) in [6.07, 6.45) is 4.25. The zero-order valence-corrected chi connectivity index (χ0v) is 16.5. The summed E-state index contributed by atoms with van der Waals surface area (Å²) in [7, 11) is 1.87. The molecule has 0 fully saturated rings. The number of anilines is 1. The maximum Gasteiger partial charge on any atom is 0.227 e. The Kier molecular flexibility index (Phi) is 5.94. The molecule has 8 heteroatoms. The molecule has 27 heavy (non-hydrogen) atoms. The molecular weight excluding hydrogens is 387 g/mol. The number of nitrogens with one attached hydrogen (secondary N) is 1. The van der Waals surface area contributed by atoms with Gasteiger partial charge in [0.25, 0.3) is 0 Å². The van der Waals surface area contributed by atoms with Crippen LogP contribution in [0.15, 0.2) is 42.0 Å². The van der Waals surface area contributed by atoms with Crippen LogP contribution in [0.1, 0.15) is 24.3 Å². The Morgan fingerprint density at radius 2 is 2.19 bits per heavy atom. The number of benzene rings is 1. The van der Waals surface area contributed by atoms with Gasteiger partial charge in [0.05, 0.1) is 11.2 Å². The van der Waals surface area contributed by atoms with Gasteiger partial charge in [0.2, 0.25) is 5.91 Å². The maximum atomic E-state index is 13.2. The number of carbonyl (C=O) groups is 1. The van der Waals surface area contributed by atoms with Crippen molar-refractivity contribution < 1.29 is 9.18 Å². The van der Waals surface area contributed by atoms with Crippen LogP contribution in [0, 0.1) is 11.7 Å². The molecule has 0 saturated heterocycles. The van der Waals surface area contributed by atoms with Gasteiger partial charge in [0.15, 0.2) is 0 Å². The number of aromatic nitrogens is 2. The van der Waals surface area contributed by atoms with Crippen LogP contribution in [0.25, 0.3) is 11.1 Å². The van der Waals surface area contributed by atoms with E-state index in [-0.39, 0.29) is 22.9 Å². The molecule has 3 aromatic rings. The van der Waals surface area contributed by atoms with Gasteiger partial charge in [0.1, 0.15) is 5.82 Å². The lowest BCUT2D eigenvalue weighted by molar-refractivity contribution is -0.119. The predicted octanol–water partition coefficient (Wildman–Crippen LogP) is 4.61. The lowest BCUT2D eigenvalue weighted by atomic mass is 9.99. The van der Waals surface area contributed by atoms with Gasteiger partial charge < -0.3 is 11.1 Å². The quantitative estimate of drug-likeness (QED) is 0.628. The van der Waals surface area contributed by atoms with E-state index in [9.17, 15) is 9.18 Å². The summed E-state index contributed by atoms with van der Waals surface area (Å²) in [5, 5.41) is 8.93. The van der Waals surface area contributed by atoms with E-state index in [0.29, 0.717) is 12.1 Å². The Hall–Kier alpha value is -2.22. The van der Waals surface area contributed by atoms with E-state index in [1.807, 2.05) is 31.6 Å². The summed E-state index contributed by atoms with van der Waals surface area (Å²) >= 11 is 7.31. The Bertz CT molecular complexity index is 955. The zero-order chi connectivity index (χ0) is 19.6. The molecule has 3 N–H and O–H groups in total. The summed E-state index contributed by atoms with van der Waals surface area (Å²) in [4.78, 5) is 13.4. The minimum Gasteiger partial charge on any atom is -0.326 e. The van der Waals surface area contributed by atoms with Gasteiger partial charge in [-0.2, -0.15) is 5.10 Å². The van der Waals surface area contributed by atoms with Gasteiger partial charge in [-0.25, -0.2) is 4.39 Å². The molecule has 3 rings (SSSR count). The number of hydrogen-bond acceptors (Lipinski definition) is 4. The molecule has 5 nitrogen and oxygen atoms in total. The van der Waals surface area contributed by atoms with E-state index in [1.54, 1.807) is 22.2 Å². The molecule has 1 amide bonds. The number of carbonyl (C=O) groups excluding carboxylic acids is 1. The SMILES string of the molecule is C[C@H](C[C@H](N)c1cc(-c2cnn(C)c2)cs1)C(=O)Nc1ccc(F)c(Cl)c1. The van der Waals surface area contributed by atoms with E-state index in [2.05, 4.69) is 10.4 Å². The Labute approximate surface area is 166 Å². The van der Waals surface area contributed by atoms with Crippen molar-refractivity contribution in [2.45, 2.75) is 19.4 Å². The molecule has 0 spiro atoms. The van der Waals surface area contributed by atoms with Crippen molar-refractivity contribution in [2.75, 3.05) is 5.32 Å². The predicted molar refractivity (Wildman–Crippen MR) is 107 cm³/mol. The normalized spacial score (nSPS) is 13.4. The van der Waals surface area contributed by atoms with E-state index in [0.717, 1.165) is 16.0 Å². The summed E-state index contributed by atoms with van der Waals surface area (Å²) < 4.78 is 15.0. The lowest BCUT2D eigenvalue weighted by Gasteiger charge is -2.16. The molecule has 2 aromatic heterocycles. The molecule has 0 aliphatic carbocycles. The molecule has 0 aliphatic rings. The van der Waals surface area contributed by atoms with Crippen LogP contribution in [0.4, 0.5) is 10.1 Å². The Morgan fingerprint density at radius 3 is 2.85 bits per heavy atom. The van der Waals surface area contributed by atoms with Gasteiger partial charge in [-0.15, -0.1) is 11.3 Å². The highest BCUT2D eigenvalue weighted by molar-refractivity contribution is 7.10. The highest BCUT2D eigenvalue weighted by Crippen LogP contribution is 2.31. The summed E-state index contributed by atoms with van der Waals surface area (Å²) in [5.74, 6) is -1.02. The van der Waals surface area contributed by atoms with Crippen molar-refractivity contribution in [3.63, 3.8) is 0 Å². The molecular formula is C19H20ClFN4OS. The van der Waals surface area contributed by atoms with E-state index in [1.165, 1.54) is 18.2 Å². The minimum atomic E-state index is -0.521. The first kappa shape index (κ1) is 19.5. The summed E-state index contributed by atoms with van der Waals surface area (Å²) in [5.41, 5.74) is 8.87. The fraction of sp³-hybridized carbons (Fsp3) is 0.263. The summed E-state index contributed by atoms with van der Waals surface area (Å²) in [6.45, 7) is 1.82. The number of halogens is 2. The lowest BCUT2D eigenvalue weighted by Crippen LogP contribution is -2.24. The molecule has 142 valence electrons. The average Bonchev–Trinajstić information content (AvgIpc) is 3.27. The highest BCUT2D eigenvalue weighted by atomic mass is 35.5. The second-order valence-electron chi connectivity index (χ2n) is 6.50. The first-order chi connectivity index (χ1) is 12.8. The molecule has 0 aliphatic heterocycles. The number of nitrogens with zero attached hydrogens (tertiary/aromatic N) is 2. The van der Waals surface area contributed by atoms with Crippen LogP contribution in [0.3, 0.4) is 0 Å². The first-order valence-corrected chi connectivity index (χ1v) is 9.68. The molecule has 0 unspecified atom stereocenters. The number of hydrogen-bond donors (Lipinski definition) is 2.